The highest BCUT2D eigenvalue weighted by Gasteiger charge is 2.61. The molecule has 2 atom stereocenters. The molecule has 0 aromatic carbocycles. The van der Waals surface area contributed by atoms with Crippen LogP contribution < -0.4 is 0 Å². The second-order valence-electron chi connectivity index (χ2n) is 6.87. The SMILES string of the molecule is CC(C)(C)OC(=O)N1CCC(C(=O)O)(C2(O)CCOC2)C1. The standard InChI is InChI=1S/C14H23NO6/c1-12(2,3)21-11(18)15-6-4-13(8-15,10(16)17)14(19)5-7-20-9-14/h19H,4-9H2,1-3H3,(H,16,17). The molecule has 0 radical (unpaired) electrons. The number of amides is 1. The molecule has 1 amide bonds. The predicted molar refractivity (Wildman–Crippen MR) is 72.9 cm³/mol. The van der Waals surface area contributed by atoms with Crippen molar-refractivity contribution >= 4 is 12.1 Å². The van der Waals surface area contributed by atoms with Gasteiger partial charge in [0.15, 0.2) is 0 Å². The minimum atomic E-state index is -1.43. The molecule has 0 aliphatic carbocycles. The molecule has 2 aliphatic heterocycles. The number of hydrogen-bond acceptors (Lipinski definition) is 5. The molecule has 2 fully saturated rings. The Bertz CT molecular complexity index is 437. The molecule has 2 N–H and O–H groups in total. The number of aliphatic carboxylic acids is 1. The van der Waals surface area contributed by atoms with Crippen LogP contribution in [-0.2, 0) is 14.3 Å². The first-order valence-corrected chi connectivity index (χ1v) is 7.11. The third kappa shape index (κ3) is 2.85. The van der Waals surface area contributed by atoms with Gasteiger partial charge in [-0.2, -0.15) is 0 Å². The second kappa shape index (κ2) is 5.14. The number of carboxylic acids is 1. The number of aliphatic hydroxyl groups is 1. The summed E-state index contributed by atoms with van der Waals surface area (Å²) in [6, 6.07) is 0. The van der Waals surface area contributed by atoms with E-state index in [1.807, 2.05) is 0 Å². The molecule has 2 rings (SSSR count). The normalized spacial score (nSPS) is 33.2. The summed E-state index contributed by atoms with van der Waals surface area (Å²) in [4.78, 5) is 25.2. The molecule has 2 aliphatic rings. The smallest absolute Gasteiger partial charge is 0.410 e. The average Bonchev–Trinajstić information content (AvgIpc) is 2.94. The maximum absolute atomic E-state index is 12.1. The molecule has 2 heterocycles. The van der Waals surface area contributed by atoms with Gasteiger partial charge in [0.2, 0.25) is 0 Å². The van der Waals surface area contributed by atoms with Crippen molar-refractivity contribution in [1.82, 2.24) is 4.90 Å². The van der Waals surface area contributed by atoms with Crippen LogP contribution in [0.4, 0.5) is 4.79 Å². The van der Waals surface area contributed by atoms with Crippen molar-refractivity contribution in [3.63, 3.8) is 0 Å². The Morgan fingerprint density at radius 2 is 1.95 bits per heavy atom. The summed E-state index contributed by atoms with van der Waals surface area (Å²) in [6.07, 6.45) is -0.0868. The van der Waals surface area contributed by atoms with Crippen LogP contribution in [0.2, 0.25) is 0 Å². The van der Waals surface area contributed by atoms with Gasteiger partial charge in [0, 0.05) is 26.1 Å². The van der Waals surface area contributed by atoms with Gasteiger partial charge in [0.05, 0.1) is 6.61 Å². The van der Waals surface area contributed by atoms with Gasteiger partial charge in [0.1, 0.15) is 16.6 Å². The first-order chi connectivity index (χ1) is 9.60. The number of carboxylic acid groups (broad SMARTS) is 1. The van der Waals surface area contributed by atoms with Crippen molar-refractivity contribution in [3.05, 3.63) is 0 Å². The maximum atomic E-state index is 12.1. The third-order valence-corrected chi connectivity index (χ3v) is 4.22. The lowest BCUT2D eigenvalue weighted by molar-refractivity contribution is -0.167. The first-order valence-electron chi connectivity index (χ1n) is 7.11. The van der Waals surface area contributed by atoms with Crippen molar-refractivity contribution in [2.24, 2.45) is 5.41 Å². The van der Waals surface area contributed by atoms with Crippen LogP contribution in [0.5, 0.6) is 0 Å². The number of rotatable bonds is 2. The average molecular weight is 301 g/mol. The minimum Gasteiger partial charge on any atom is -0.481 e. The van der Waals surface area contributed by atoms with Gasteiger partial charge in [-0.25, -0.2) is 4.79 Å². The molecule has 120 valence electrons. The Kier molecular flexibility index (Phi) is 3.92. The number of ether oxygens (including phenoxy) is 2. The van der Waals surface area contributed by atoms with Crippen LogP contribution in [0.1, 0.15) is 33.6 Å². The van der Waals surface area contributed by atoms with Crippen molar-refractivity contribution in [2.45, 2.75) is 44.8 Å². The maximum Gasteiger partial charge on any atom is 0.410 e. The van der Waals surface area contributed by atoms with Gasteiger partial charge >= 0.3 is 12.1 Å². The van der Waals surface area contributed by atoms with E-state index in [0.717, 1.165) is 0 Å². The lowest BCUT2D eigenvalue weighted by Gasteiger charge is -2.37. The number of nitrogens with zero attached hydrogens (tertiary/aromatic N) is 1. The van der Waals surface area contributed by atoms with E-state index in [0.29, 0.717) is 6.61 Å². The molecule has 21 heavy (non-hydrogen) atoms. The van der Waals surface area contributed by atoms with Crippen molar-refractivity contribution in [3.8, 4) is 0 Å². The Morgan fingerprint density at radius 1 is 1.29 bits per heavy atom. The molecule has 2 saturated heterocycles. The van der Waals surface area contributed by atoms with E-state index in [1.165, 1.54) is 4.90 Å². The Morgan fingerprint density at radius 3 is 2.43 bits per heavy atom. The van der Waals surface area contributed by atoms with Crippen LogP contribution in [0.3, 0.4) is 0 Å². The monoisotopic (exact) mass is 301 g/mol. The summed E-state index contributed by atoms with van der Waals surface area (Å²) >= 11 is 0. The van der Waals surface area contributed by atoms with Gasteiger partial charge in [-0.3, -0.25) is 4.79 Å². The zero-order valence-corrected chi connectivity index (χ0v) is 12.7. The van der Waals surface area contributed by atoms with Crippen LogP contribution in [0.25, 0.3) is 0 Å². The van der Waals surface area contributed by atoms with Gasteiger partial charge in [-0.15, -0.1) is 0 Å². The molecule has 0 spiro atoms. The molecule has 0 saturated carbocycles. The van der Waals surface area contributed by atoms with Crippen LogP contribution >= 0.6 is 0 Å². The summed E-state index contributed by atoms with van der Waals surface area (Å²) in [5.41, 5.74) is -3.46. The van der Waals surface area contributed by atoms with Crippen molar-refractivity contribution in [2.75, 3.05) is 26.3 Å². The molecule has 0 aromatic rings. The largest absolute Gasteiger partial charge is 0.481 e. The molecule has 7 nitrogen and oxygen atoms in total. The van der Waals surface area contributed by atoms with Crippen molar-refractivity contribution < 1.29 is 29.3 Å². The summed E-state index contributed by atoms with van der Waals surface area (Å²) < 4.78 is 10.4. The fourth-order valence-corrected chi connectivity index (χ4v) is 2.98. The van der Waals surface area contributed by atoms with E-state index in [4.69, 9.17) is 9.47 Å². The highest BCUT2D eigenvalue weighted by molar-refractivity contribution is 5.79. The molecule has 0 aromatic heterocycles. The highest BCUT2D eigenvalue weighted by Crippen LogP contribution is 2.45. The summed E-state index contributed by atoms with van der Waals surface area (Å²) in [6.45, 7) is 5.78. The van der Waals surface area contributed by atoms with Crippen LogP contribution in [-0.4, -0.2) is 64.7 Å². The van der Waals surface area contributed by atoms with Gasteiger partial charge < -0.3 is 24.6 Å². The zero-order chi connectivity index (χ0) is 15.9. The van der Waals surface area contributed by atoms with Gasteiger partial charge in [-0.05, 0) is 27.2 Å². The van der Waals surface area contributed by atoms with E-state index >= 15 is 0 Å². The van der Waals surface area contributed by atoms with Crippen LogP contribution in [0.15, 0.2) is 0 Å². The Balaban J connectivity index is 2.17. The number of hydrogen-bond donors (Lipinski definition) is 2. The zero-order valence-electron chi connectivity index (χ0n) is 12.7. The second-order valence-corrected chi connectivity index (χ2v) is 6.87. The molecular weight excluding hydrogens is 278 g/mol. The van der Waals surface area contributed by atoms with E-state index in [9.17, 15) is 19.8 Å². The number of likely N-dealkylation sites (tertiary alicyclic amines) is 1. The van der Waals surface area contributed by atoms with Gasteiger partial charge in [0.25, 0.3) is 0 Å². The lowest BCUT2D eigenvalue weighted by Crippen LogP contribution is -2.55. The molecule has 7 heteroatoms. The molecule has 0 bridgehead atoms. The number of carbonyl (C=O) groups excluding carboxylic acids is 1. The lowest BCUT2D eigenvalue weighted by atomic mass is 9.70. The molecular formula is C14H23NO6. The van der Waals surface area contributed by atoms with Crippen LogP contribution in [0, 0.1) is 5.41 Å². The summed E-state index contributed by atoms with van der Waals surface area (Å²) in [5.74, 6) is -1.10. The van der Waals surface area contributed by atoms with E-state index in [2.05, 4.69) is 0 Å². The quantitative estimate of drug-likeness (QED) is 0.785. The predicted octanol–water partition coefficient (Wildman–Crippen LogP) is 0.850. The van der Waals surface area contributed by atoms with E-state index < -0.39 is 28.7 Å². The fourth-order valence-electron chi connectivity index (χ4n) is 2.98. The van der Waals surface area contributed by atoms with E-state index in [1.54, 1.807) is 20.8 Å². The Hall–Kier alpha value is -1.34. The fraction of sp³-hybridized carbons (Fsp3) is 0.857. The minimum absolute atomic E-state index is 0.0124. The van der Waals surface area contributed by atoms with E-state index in [-0.39, 0.29) is 32.5 Å². The first kappa shape index (κ1) is 16.0. The Labute approximate surface area is 123 Å². The highest BCUT2D eigenvalue weighted by atomic mass is 16.6. The summed E-state index contributed by atoms with van der Waals surface area (Å²) in [7, 11) is 0. The molecule has 2 unspecified atom stereocenters. The third-order valence-electron chi connectivity index (χ3n) is 4.22. The van der Waals surface area contributed by atoms with Gasteiger partial charge in [-0.1, -0.05) is 0 Å². The van der Waals surface area contributed by atoms with Crippen molar-refractivity contribution in [1.29, 1.82) is 0 Å². The topological polar surface area (TPSA) is 96.3 Å². The number of carbonyl (C=O) groups is 2. The summed E-state index contributed by atoms with van der Waals surface area (Å²) in [5, 5.41) is 20.3.